The van der Waals surface area contributed by atoms with Crippen molar-refractivity contribution in [2.24, 2.45) is 18.1 Å². The summed E-state index contributed by atoms with van der Waals surface area (Å²) in [6, 6.07) is 0. The number of hydrogen-bond acceptors (Lipinski definition) is 5. The second kappa shape index (κ2) is 7.09. The van der Waals surface area contributed by atoms with Gasteiger partial charge in [-0.25, -0.2) is 0 Å². The highest BCUT2D eigenvalue weighted by atomic mass is 16.7. The zero-order valence-electron chi connectivity index (χ0n) is 15.9. The van der Waals surface area contributed by atoms with Crippen LogP contribution in [0.5, 0.6) is 0 Å². The molecule has 1 saturated heterocycles. The van der Waals surface area contributed by atoms with Gasteiger partial charge >= 0.3 is 0 Å². The lowest BCUT2D eigenvalue weighted by atomic mass is 9.91. The van der Waals surface area contributed by atoms with Crippen molar-refractivity contribution in [1.29, 1.82) is 0 Å². The number of piperidine rings is 1. The fraction of sp³-hybridized carbons (Fsp3) is 0.667. The highest BCUT2D eigenvalue weighted by Gasteiger charge is 2.44. The van der Waals surface area contributed by atoms with Gasteiger partial charge in [0.25, 0.3) is 5.91 Å². The Morgan fingerprint density at radius 3 is 2.58 bits per heavy atom. The molecule has 8 nitrogen and oxygen atoms in total. The van der Waals surface area contributed by atoms with Gasteiger partial charge in [-0.3, -0.25) is 14.3 Å². The van der Waals surface area contributed by atoms with Gasteiger partial charge in [-0.15, -0.1) is 0 Å². The monoisotopic (exact) mass is 361 g/mol. The Labute approximate surface area is 153 Å². The zero-order chi connectivity index (χ0) is 18.9. The van der Waals surface area contributed by atoms with Crippen molar-refractivity contribution in [2.45, 2.75) is 52.1 Å². The van der Waals surface area contributed by atoms with E-state index in [1.807, 2.05) is 25.8 Å². The molecule has 1 atom stereocenters. The molecule has 1 aromatic heterocycles. The van der Waals surface area contributed by atoms with Crippen LogP contribution in [0.15, 0.2) is 11.4 Å². The van der Waals surface area contributed by atoms with Gasteiger partial charge < -0.3 is 15.1 Å². The Kier molecular flexibility index (Phi) is 5.02. The number of aromatic nitrogens is 2. The third-order valence-corrected chi connectivity index (χ3v) is 5.33. The first-order chi connectivity index (χ1) is 12.3. The Balaban J connectivity index is 1.47. The molecular weight excluding hydrogens is 334 g/mol. The van der Waals surface area contributed by atoms with Crippen molar-refractivity contribution in [3.63, 3.8) is 0 Å². The van der Waals surface area contributed by atoms with Crippen LogP contribution in [0.4, 0.5) is 5.69 Å². The number of nitrogens with one attached hydrogen (secondary N) is 1. The van der Waals surface area contributed by atoms with Crippen molar-refractivity contribution in [3.05, 3.63) is 11.9 Å². The molecule has 3 rings (SSSR count). The van der Waals surface area contributed by atoms with E-state index < -0.39 is 5.60 Å². The van der Waals surface area contributed by atoms with Crippen LogP contribution in [0.25, 0.3) is 0 Å². The van der Waals surface area contributed by atoms with Gasteiger partial charge in [0.15, 0.2) is 0 Å². The second-order valence-electron chi connectivity index (χ2n) is 7.58. The molecule has 0 radical (unpaired) electrons. The van der Waals surface area contributed by atoms with Crippen molar-refractivity contribution in [1.82, 2.24) is 14.7 Å². The van der Waals surface area contributed by atoms with Gasteiger partial charge in [0.2, 0.25) is 11.5 Å². The number of rotatable bonds is 4. The standard InChI is InChI=1S/C18H27N5O3/c1-12-10-18(3,26-21-12)17(25)23-7-5-14(6-8-23)9-16(24)20-15-11-19-22(4)13(15)2/h11,14H,5-10H2,1-4H3,(H,20,24). The quantitative estimate of drug-likeness (QED) is 0.886. The van der Waals surface area contributed by atoms with E-state index in [0.29, 0.717) is 25.9 Å². The van der Waals surface area contributed by atoms with Crippen molar-refractivity contribution in [3.8, 4) is 0 Å². The van der Waals surface area contributed by atoms with Crippen LogP contribution in [0, 0.1) is 12.8 Å². The number of likely N-dealkylation sites (tertiary alicyclic amines) is 1. The molecule has 1 unspecified atom stereocenters. The molecule has 1 N–H and O–H groups in total. The Morgan fingerprint density at radius 1 is 1.35 bits per heavy atom. The number of anilines is 1. The summed E-state index contributed by atoms with van der Waals surface area (Å²) in [7, 11) is 1.85. The number of aryl methyl sites for hydroxylation is 1. The molecule has 2 aliphatic heterocycles. The van der Waals surface area contributed by atoms with Crippen LogP contribution in [0.2, 0.25) is 0 Å². The van der Waals surface area contributed by atoms with E-state index in [0.717, 1.165) is 29.9 Å². The first kappa shape index (κ1) is 18.4. The minimum atomic E-state index is -0.869. The minimum absolute atomic E-state index is 0.000916. The molecule has 142 valence electrons. The van der Waals surface area contributed by atoms with Gasteiger partial charge in [0.1, 0.15) is 0 Å². The normalized spacial score (nSPS) is 23.5. The lowest BCUT2D eigenvalue weighted by Gasteiger charge is -2.35. The zero-order valence-corrected chi connectivity index (χ0v) is 15.9. The molecule has 0 spiro atoms. The Morgan fingerprint density at radius 2 is 2.04 bits per heavy atom. The molecule has 0 saturated carbocycles. The summed E-state index contributed by atoms with van der Waals surface area (Å²) >= 11 is 0. The maximum absolute atomic E-state index is 12.7. The Hall–Kier alpha value is -2.38. The average molecular weight is 361 g/mol. The molecule has 2 aliphatic rings. The lowest BCUT2D eigenvalue weighted by molar-refractivity contribution is -0.154. The number of carbonyl (C=O) groups excluding carboxylic acids is 2. The van der Waals surface area contributed by atoms with Crippen LogP contribution in [-0.2, 0) is 21.5 Å². The molecule has 0 aromatic carbocycles. The first-order valence-corrected chi connectivity index (χ1v) is 9.08. The fourth-order valence-electron chi connectivity index (χ4n) is 3.61. The third kappa shape index (κ3) is 3.73. The highest BCUT2D eigenvalue weighted by Crippen LogP contribution is 2.29. The smallest absolute Gasteiger partial charge is 0.269 e. The third-order valence-electron chi connectivity index (χ3n) is 5.33. The van der Waals surface area contributed by atoms with Crippen LogP contribution >= 0.6 is 0 Å². The molecule has 26 heavy (non-hydrogen) atoms. The SMILES string of the molecule is CC1=NOC(C)(C(=O)N2CCC(CC(=O)Nc3cnn(C)c3C)CC2)C1. The van der Waals surface area contributed by atoms with E-state index in [4.69, 9.17) is 4.84 Å². The number of nitrogens with zero attached hydrogens (tertiary/aromatic N) is 4. The highest BCUT2D eigenvalue weighted by molar-refractivity contribution is 5.94. The molecule has 8 heteroatoms. The number of oxime groups is 1. The van der Waals surface area contributed by atoms with E-state index in [2.05, 4.69) is 15.6 Å². The van der Waals surface area contributed by atoms with Crippen LogP contribution in [0.3, 0.4) is 0 Å². The molecule has 0 aliphatic carbocycles. The summed E-state index contributed by atoms with van der Waals surface area (Å²) < 4.78 is 1.73. The minimum Gasteiger partial charge on any atom is -0.379 e. The van der Waals surface area contributed by atoms with Gasteiger partial charge in [-0.05, 0) is 39.5 Å². The first-order valence-electron chi connectivity index (χ1n) is 9.08. The summed E-state index contributed by atoms with van der Waals surface area (Å²) in [6.45, 7) is 6.89. The number of amides is 2. The Bertz CT molecular complexity index is 733. The van der Waals surface area contributed by atoms with Crippen LogP contribution in [-0.4, -0.2) is 50.9 Å². The van der Waals surface area contributed by atoms with E-state index in [1.54, 1.807) is 17.8 Å². The summed E-state index contributed by atoms with van der Waals surface area (Å²) in [5.41, 5.74) is 1.66. The maximum atomic E-state index is 12.7. The van der Waals surface area contributed by atoms with Crippen LogP contribution < -0.4 is 5.32 Å². The fourth-order valence-corrected chi connectivity index (χ4v) is 3.61. The average Bonchev–Trinajstić information content (AvgIpc) is 3.12. The number of carbonyl (C=O) groups is 2. The van der Waals surface area contributed by atoms with E-state index >= 15 is 0 Å². The van der Waals surface area contributed by atoms with E-state index in [1.165, 1.54) is 0 Å². The summed E-state index contributed by atoms with van der Waals surface area (Å²) in [5.74, 6) is 0.277. The summed E-state index contributed by atoms with van der Waals surface area (Å²) in [5, 5.41) is 11.0. The predicted octanol–water partition coefficient (Wildman–Crippen LogP) is 1.85. The molecule has 2 amide bonds. The van der Waals surface area contributed by atoms with Crippen LogP contribution in [0.1, 0.15) is 45.2 Å². The van der Waals surface area contributed by atoms with Crippen molar-refractivity contribution < 1.29 is 14.4 Å². The largest absolute Gasteiger partial charge is 0.379 e. The molecule has 1 fully saturated rings. The molecule has 3 heterocycles. The maximum Gasteiger partial charge on any atom is 0.269 e. The summed E-state index contributed by atoms with van der Waals surface area (Å²) in [4.78, 5) is 32.2. The van der Waals surface area contributed by atoms with Gasteiger partial charge in [0, 0.05) is 33.0 Å². The topological polar surface area (TPSA) is 88.8 Å². The van der Waals surface area contributed by atoms with Gasteiger partial charge in [-0.1, -0.05) is 5.16 Å². The predicted molar refractivity (Wildman–Crippen MR) is 97.7 cm³/mol. The van der Waals surface area contributed by atoms with Crippen molar-refractivity contribution in [2.75, 3.05) is 18.4 Å². The van der Waals surface area contributed by atoms with E-state index in [9.17, 15) is 9.59 Å². The van der Waals surface area contributed by atoms with Gasteiger partial charge in [-0.2, -0.15) is 5.10 Å². The number of hydrogen-bond donors (Lipinski definition) is 1. The van der Waals surface area contributed by atoms with E-state index in [-0.39, 0.29) is 17.7 Å². The molecule has 1 aromatic rings. The lowest BCUT2D eigenvalue weighted by Crippen LogP contribution is -2.50. The summed E-state index contributed by atoms with van der Waals surface area (Å²) in [6.07, 6.45) is 4.31. The van der Waals surface area contributed by atoms with Crippen molar-refractivity contribution >= 4 is 23.2 Å². The molecule has 0 bridgehead atoms. The second-order valence-corrected chi connectivity index (χ2v) is 7.58. The molecular formula is C18H27N5O3. The van der Waals surface area contributed by atoms with Gasteiger partial charge in [0.05, 0.1) is 23.3 Å².